The van der Waals surface area contributed by atoms with E-state index in [2.05, 4.69) is 16.0 Å². The van der Waals surface area contributed by atoms with Crippen molar-refractivity contribution in [2.45, 2.75) is 32.4 Å². The maximum absolute atomic E-state index is 12.0. The Morgan fingerprint density at radius 3 is 2.78 bits per heavy atom. The van der Waals surface area contributed by atoms with Gasteiger partial charge in [-0.3, -0.25) is 4.79 Å². The first-order chi connectivity index (χ1) is 13.2. The summed E-state index contributed by atoms with van der Waals surface area (Å²) in [5, 5.41) is 3.63. The first-order valence-corrected chi connectivity index (χ1v) is 9.69. The predicted molar refractivity (Wildman–Crippen MR) is 106 cm³/mol. The lowest BCUT2D eigenvalue weighted by Crippen LogP contribution is -2.26. The lowest BCUT2D eigenvalue weighted by Gasteiger charge is -2.11. The van der Waals surface area contributed by atoms with Crippen molar-refractivity contribution in [1.29, 1.82) is 0 Å². The molecule has 1 aromatic heterocycles. The third-order valence-corrected chi connectivity index (χ3v) is 5.04. The summed E-state index contributed by atoms with van der Waals surface area (Å²) >= 11 is 6.13. The third-order valence-electron chi connectivity index (χ3n) is 4.72. The Kier molecular flexibility index (Phi) is 5.30. The average molecular weight is 384 g/mol. The fraction of sp³-hybridized carbons (Fsp3) is 0.333. The van der Waals surface area contributed by atoms with Gasteiger partial charge < -0.3 is 14.6 Å². The molecule has 5 nitrogen and oxygen atoms in total. The Morgan fingerprint density at radius 1 is 1.19 bits per heavy atom. The quantitative estimate of drug-likeness (QED) is 0.593. The highest BCUT2D eigenvalue weighted by molar-refractivity contribution is 6.32. The maximum Gasteiger partial charge on any atom is 0.223 e. The maximum atomic E-state index is 12.0. The van der Waals surface area contributed by atoms with E-state index in [0.29, 0.717) is 23.9 Å². The molecule has 140 valence electrons. The van der Waals surface area contributed by atoms with Crippen molar-refractivity contribution in [3.63, 3.8) is 0 Å². The smallest absolute Gasteiger partial charge is 0.223 e. The van der Waals surface area contributed by atoms with Gasteiger partial charge in [-0.15, -0.1) is 0 Å². The van der Waals surface area contributed by atoms with E-state index >= 15 is 0 Å². The van der Waals surface area contributed by atoms with E-state index in [1.807, 2.05) is 42.5 Å². The Balaban J connectivity index is 1.42. The minimum Gasteiger partial charge on any atom is -0.492 e. The monoisotopic (exact) mass is 383 g/mol. The van der Waals surface area contributed by atoms with Gasteiger partial charge in [0.15, 0.2) is 0 Å². The number of nitrogens with one attached hydrogen (secondary N) is 1. The minimum atomic E-state index is 0.135. The molecule has 4 rings (SSSR count). The normalized spacial score (nSPS) is 13.7. The molecule has 1 fully saturated rings. The number of hydrogen-bond acceptors (Lipinski definition) is 3. The van der Waals surface area contributed by atoms with Crippen LogP contribution in [0.3, 0.4) is 0 Å². The SMILES string of the molecule is O=C(NCc1nc2ccccc2n1CCCOc1ccccc1Cl)C1CC1. The second-order valence-electron chi connectivity index (χ2n) is 6.79. The molecule has 0 atom stereocenters. The number of halogens is 1. The van der Waals surface area contributed by atoms with Crippen LogP contribution in [0.5, 0.6) is 5.75 Å². The molecule has 0 spiro atoms. The standard InChI is InChI=1S/C21H22ClN3O2/c22-16-6-1-4-9-19(16)27-13-5-12-25-18-8-3-2-7-17(18)24-20(25)14-23-21(26)15-10-11-15/h1-4,6-9,15H,5,10-14H2,(H,23,26). The molecule has 0 bridgehead atoms. The van der Waals surface area contributed by atoms with Crippen molar-refractivity contribution in [2.75, 3.05) is 6.61 Å². The molecule has 1 aliphatic rings. The molecule has 27 heavy (non-hydrogen) atoms. The van der Waals surface area contributed by atoms with Crippen molar-refractivity contribution in [1.82, 2.24) is 14.9 Å². The molecule has 6 heteroatoms. The van der Waals surface area contributed by atoms with Crippen LogP contribution in [0, 0.1) is 5.92 Å². The number of carbonyl (C=O) groups is 1. The molecule has 1 aliphatic carbocycles. The number of hydrogen-bond donors (Lipinski definition) is 1. The van der Waals surface area contributed by atoms with E-state index in [1.165, 1.54) is 0 Å². The van der Waals surface area contributed by atoms with Crippen molar-refractivity contribution >= 4 is 28.5 Å². The van der Waals surface area contributed by atoms with Crippen LogP contribution in [0.4, 0.5) is 0 Å². The van der Waals surface area contributed by atoms with Crippen LogP contribution in [-0.2, 0) is 17.9 Å². The summed E-state index contributed by atoms with van der Waals surface area (Å²) in [6.07, 6.45) is 2.82. The van der Waals surface area contributed by atoms with E-state index in [4.69, 9.17) is 21.3 Å². The second-order valence-corrected chi connectivity index (χ2v) is 7.20. The molecule has 1 N–H and O–H groups in total. The first-order valence-electron chi connectivity index (χ1n) is 9.31. The molecule has 1 amide bonds. The number of ether oxygens (including phenoxy) is 1. The van der Waals surface area contributed by atoms with Crippen LogP contribution in [0.1, 0.15) is 25.1 Å². The zero-order chi connectivity index (χ0) is 18.6. The van der Waals surface area contributed by atoms with Gasteiger partial charge in [-0.05, 0) is 43.5 Å². The largest absolute Gasteiger partial charge is 0.492 e. The molecular weight excluding hydrogens is 362 g/mol. The molecule has 0 saturated heterocycles. The number of fused-ring (bicyclic) bond motifs is 1. The van der Waals surface area contributed by atoms with Crippen molar-refractivity contribution in [3.05, 3.63) is 59.4 Å². The van der Waals surface area contributed by atoms with Gasteiger partial charge in [0.1, 0.15) is 11.6 Å². The van der Waals surface area contributed by atoms with Gasteiger partial charge in [-0.2, -0.15) is 0 Å². The molecule has 1 heterocycles. The Labute approximate surface area is 163 Å². The van der Waals surface area contributed by atoms with Gasteiger partial charge in [-0.25, -0.2) is 4.98 Å². The number of nitrogens with zero attached hydrogens (tertiary/aromatic N) is 2. The second kappa shape index (κ2) is 8.01. The van der Waals surface area contributed by atoms with Crippen LogP contribution in [-0.4, -0.2) is 22.1 Å². The van der Waals surface area contributed by atoms with Crippen molar-refractivity contribution in [3.8, 4) is 5.75 Å². The Morgan fingerprint density at radius 2 is 1.96 bits per heavy atom. The van der Waals surface area contributed by atoms with E-state index in [1.54, 1.807) is 0 Å². The molecule has 1 saturated carbocycles. The first kappa shape index (κ1) is 17.9. The average Bonchev–Trinajstić information content (AvgIpc) is 3.47. The van der Waals surface area contributed by atoms with Crippen LogP contribution < -0.4 is 10.1 Å². The summed E-state index contributed by atoms with van der Waals surface area (Å²) in [6.45, 7) is 1.78. The van der Waals surface area contributed by atoms with E-state index in [9.17, 15) is 4.79 Å². The summed E-state index contributed by atoms with van der Waals surface area (Å²) in [7, 11) is 0. The fourth-order valence-electron chi connectivity index (χ4n) is 3.13. The van der Waals surface area contributed by atoms with Crippen molar-refractivity contribution < 1.29 is 9.53 Å². The van der Waals surface area contributed by atoms with Crippen LogP contribution in [0.2, 0.25) is 5.02 Å². The number of para-hydroxylation sites is 3. The number of amides is 1. The topological polar surface area (TPSA) is 56.2 Å². The van der Waals surface area contributed by atoms with E-state index < -0.39 is 0 Å². The third kappa shape index (κ3) is 4.25. The number of rotatable bonds is 8. The molecular formula is C21H22ClN3O2. The summed E-state index contributed by atoms with van der Waals surface area (Å²) in [4.78, 5) is 16.7. The van der Waals surface area contributed by atoms with Gasteiger partial charge >= 0.3 is 0 Å². The number of benzene rings is 2. The minimum absolute atomic E-state index is 0.135. The van der Waals surface area contributed by atoms with Gasteiger partial charge in [0.05, 0.1) is 29.2 Å². The number of carbonyl (C=O) groups excluding carboxylic acids is 1. The van der Waals surface area contributed by atoms with Gasteiger partial charge in [-0.1, -0.05) is 35.9 Å². The molecule has 3 aromatic rings. The number of imidazole rings is 1. The number of aromatic nitrogens is 2. The van der Waals surface area contributed by atoms with Crippen LogP contribution >= 0.6 is 11.6 Å². The summed E-state index contributed by atoms with van der Waals surface area (Å²) < 4.78 is 7.95. The van der Waals surface area contributed by atoms with Crippen molar-refractivity contribution in [2.24, 2.45) is 5.92 Å². The highest BCUT2D eigenvalue weighted by atomic mass is 35.5. The van der Waals surface area contributed by atoms with Crippen LogP contribution in [0.25, 0.3) is 11.0 Å². The summed E-state index contributed by atoms with van der Waals surface area (Å²) in [6, 6.07) is 15.5. The highest BCUT2D eigenvalue weighted by Gasteiger charge is 2.29. The van der Waals surface area contributed by atoms with E-state index in [-0.39, 0.29) is 11.8 Å². The van der Waals surface area contributed by atoms with Crippen LogP contribution in [0.15, 0.2) is 48.5 Å². The zero-order valence-corrected chi connectivity index (χ0v) is 15.8. The Hall–Kier alpha value is -2.53. The van der Waals surface area contributed by atoms with Gasteiger partial charge in [0.2, 0.25) is 5.91 Å². The lowest BCUT2D eigenvalue weighted by molar-refractivity contribution is -0.122. The predicted octanol–water partition coefficient (Wildman–Crippen LogP) is 4.19. The summed E-state index contributed by atoms with van der Waals surface area (Å²) in [5.41, 5.74) is 2.02. The van der Waals surface area contributed by atoms with Gasteiger partial charge in [0, 0.05) is 12.5 Å². The molecule has 0 unspecified atom stereocenters. The molecule has 0 radical (unpaired) electrons. The summed E-state index contributed by atoms with van der Waals surface area (Å²) in [5.74, 6) is 1.91. The Bertz CT molecular complexity index is 950. The zero-order valence-electron chi connectivity index (χ0n) is 15.0. The number of aryl methyl sites for hydroxylation is 1. The molecule has 0 aliphatic heterocycles. The highest BCUT2D eigenvalue weighted by Crippen LogP contribution is 2.29. The fourth-order valence-corrected chi connectivity index (χ4v) is 3.32. The van der Waals surface area contributed by atoms with E-state index in [0.717, 1.165) is 42.7 Å². The molecule has 2 aromatic carbocycles. The lowest BCUT2D eigenvalue weighted by atomic mass is 10.3. The van der Waals surface area contributed by atoms with Gasteiger partial charge in [0.25, 0.3) is 0 Å².